The SMILES string of the molecule is C=C(C)C1COc2cc(C)cnc2N(Cc2ccc(OC)cc2)C1=O. The van der Waals surface area contributed by atoms with E-state index in [-0.39, 0.29) is 18.4 Å². The smallest absolute Gasteiger partial charge is 0.239 e. The van der Waals surface area contributed by atoms with Gasteiger partial charge in [0.15, 0.2) is 11.6 Å². The second-order valence-corrected chi connectivity index (χ2v) is 6.32. The number of carbonyl (C=O) groups excluding carboxylic acids is 1. The van der Waals surface area contributed by atoms with Crippen molar-refractivity contribution >= 4 is 11.7 Å². The Hall–Kier alpha value is -2.82. The van der Waals surface area contributed by atoms with Crippen LogP contribution in [0.4, 0.5) is 5.82 Å². The van der Waals surface area contributed by atoms with Gasteiger partial charge in [0.1, 0.15) is 12.4 Å². The molecule has 1 aliphatic heterocycles. The van der Waals surface area contributed by atoms with Gasteiger partial charge in [-0.2, -0.15) is 0 Å². The van der Waals surface area contributed by atoms with Crippen LogP contribution in [-0.2, 0) is 11.3 Å². The summed E-state index contributed by atoms with van der Waals surface area (Å²) in [6.45, 7) is 8.45. The first-order valence-corrected chi connectivity index (χ1v) is 8.18. The van der Waals surface area contributed by atoms with Crippen LogP contribution in [0.25, 0.3) is 0 Å². The molecule has 1 aromatic carbocycles. The number of aromatic nitrogens is 1. The Labute approximate surface area is 147 Å². The van der Waals surface area contributed by atoms with Gasteiger partial charge in [-0.05, 0) is 43.2 Å². The molecule has 0 spiro atoms. The summed E-state index contributed by atoms with van der Waals surface area (Å²) in [4.78, 5) is 19.2. The number of amides is 1. The maximum absolute atomic E-state index is 13.1. The summed E-state index contributed by atoms with van der Waals surface area (Å²) in [6.07, 6.45) is 1.75. The van der Waals surface area contributed by atoms with E-state index in [0.717, 1.165) is 22.4 Å². The lowest BCUT2D eigenvalue weighted by Gasteiger charge is -2.24. The van der Waals surface area contributed by atoms with Crippen LogP contribution in [0.2, 0.25) is 0 Å². The van der Waals surface area contributed by atoms with Gasteiger partial charge < -0.3 is 9.47 Å². The molecule has 1 unspecified atom stereocenters. The van der Waals surface area contributed by atoms with Crippen molar-refractivity contribution in [2.75, 3.05) is 18.6 Å². The zero-order valence-electron chi connectivity index (χ0n) is 14.8. The van der Waals surface area contributed by atoms with Gasteiger partial charge in [-0.25, -0.2) is 4.98 Å². The first-order valence-electron chi connectivity index (χ1n) is 8.18. The van der Waals surface area contributed by atoms with Gasteiger partial charge >= 0.3 is 0 Å². The highest BCUT2D eigenvalue weighted by molar-refractivity contribution is 5.97. The summed E-state index contributed by atoms with van der Waals surface area (Å²) >= 11 is 0. The van der Waals surface area contributed by atoms with Crippen LogP contribution >= 0.6 is 0 Å². The van der Waals surface area contributed by atoms with Crippen molar-refractivity contribution in [3.8, 4) is 11.5 Å². The van der Waals surface area contributed by atoms with Gasteiger partial charge in [-0.3, -0.25) is 9.69 Å². The normalized spacial score (nSPS) is 16.7. The minimum atomic E-state index is -0.382. The van der Waals surface area contributed by atoms with E-state index in [0.29, 0.717) is 18.1 Å². The molecule has 0 radical (unpaired) electrons. The maximum atomic E-state index is 13.1. The van der Waals surface area contributed by atoms with Gasteiger partial charge in [-0.15, -0.1) is 0 Å². The minimum absolute atomic E-state index is 0.0431. The number of ether oxygens (including phenoxy) is 2. The highest BCUT2D eigenvalue weighted by atomic mass is 16.5. The number of aryl methyl sites for hydroxylation is 1. The summed E-state index contributed by atoms with van der Waals surface area (Å²) in [6, 6.07) is 9.57. The van der Waals surface area contributed by atoms with E-state index in [9.17, 15) is 4.79 Å². The summed E-state index contributed by atoms with van der Waals surface area (Å²) in [7, 11) is 1.63. The highest BCUT2D eigenvalue weighted by Crippen LogP contribution is 2.34. The molecule has 0 saturated carbocycles. The van der Waals surface area contributed by atoms with Crippen molar-refractivity contribution in [3.63, 3.8) is 0 Å². The number of rotatable bonds is 4. The van der Waals surface area contributed by atoms with Crippen LogP contribution in [0.15, 0.2) is 48.7 Å². The van der Waals surface area contributed by atoms with Crippen LogP contribution in [0, 0.1) is 12.8 Å². The van der Waals surface area contributed by atoms with Crippen molar-refractivity contribution in [2.24, 2.45) is 5.92 Å². The second kappa shape index (κ2) is 6.97. The molecule has 0 bridgehead atoms. The Morgan fingerprint density at radius 2 is 2.12 bits per heavy atom. The van der Waals surface area contributed by atoms with Crippen LogP contribution < -0.4 is 14.4 Å². The number of anilines is 1. The van der Waals surface area contributed by atoms with Crippen molar-refractivity contribution in [1.29, 1.82) is 0 Å². The molecule has 1 amide bonds. The van der Waals surface area contributed by atoms with Gasteiger partial charge in [0.25, 0.3) is 0 Å². The standard InChI is InChI=1S/C20H22N2O3/c1-13(2)17-12-25-18-9-14(3)10-21-19(18)22(20(17)23)11-15-5-7-16(24-4)8-6-15/h5-10,17H,1,11-12H2,2-4H3. The number of benzene rings is 1. The maximum Gasteiger partial charge on any atom is 0.239 e. The van der Waals surface area contributed by atoms with Gasteiger partial charge in [0.2, 0.25) is 5.91 Å². The quantitative estimate of drug-likeness (QED) is 0.801. The average molecular weight is 338 g/mol. The Kier molecular flexibility index (Phi) is 4.74. The molecule has 1 atom stereocenters. The van der Waals surface area contributed by atoms with E-state index < -0.39 is 0 Å². The Morgan fingerprint density at radius 1 is 1.40 bits per heavy atom. The van der Waals surface area contributed by atoms with Crippen LogP contribution in [0.3, 0.4) is 0 Å². The number of hydrogen-bond donors (Lipinski definition) is 0. The van der Waals surface area contributed by atoms with E-state index in [1.807, 2.05) is 44.2 Å². The molecule has 2 heterocycles. The highest BCUT2D eigenvalue weighted by Gasteiger charge is 2.33. The lowest BCUT2D eigenvalue weighted by Crippen LogP contribution is -2.37. The minimum Gasteiger partial charge on any atom is -0.497 e. The fourth-order valence-electron chi connectivity index (χ4n) is 2.80. The van der Waals surface area contributed by atoms with Crippen LogP contribution in [0.1, 0.15) is 18.1 Å². The summed E-state index contributed by atoms with van der Waals surface area (Å²) < 4.78 is 11.1. The molecule has 5 heteroatoms. The molecule has 0 aliphatic carbocycles. The molecule has 1 aromatic heterocycles. The van der Waals surface area contributed by atoms with Gasteiger partial charge in [0.05, 0.1) is 19.6 Å². The van der Waals surface area contributed by atoms with Gasteiger partial charge in [-0.1, -0.05) is 24.3 Å². The summed E-state index contributed by atoms with van der Waals surface area (Å²) in [5.41, 5.74) is 2.77. The lowest BCUT2D eigenvalue weighted by molar-refractivity contribution is -0.121. The second-order valence-electron chi connectivity index (χ2n) is 6.32. The number of nitrogens with zero attached hydrogens (tertiary/aromatic N) is 2. The van der Waals surface area contributed by atoms with Crippen LogP contribution in [-0.4, -0.2) is 24.6 Å². The Balaban J connectivity index is 1.99. The van der Waals surface area contributed by atoms with Crippen molar-refractivity contribution in [1.82, 2.24) is 4.98 Å². The predicted octanol–water partition coefficient (Wildman–Crippen LogP) is 3.52. The first-order chi connectivity index (χ1) is 12.0. The van der Waals surface area contributed by atoms with E-state index >= 15 is 0 Å². The lowest BCUT2D eigenvalue weighted by atomic mass is 10.0. The van der Waals surface area contributed by atoms with E-state index in [4.69, 9.17) is 9.47 Å². The number of methoxy groups -OCH3 is 1. The molecule has 3 rings (SSSR count). The monoisotopic (exact) mass is 338 g/mol. The summed E-state index contributed by atoms with van der Waals surface area (Å²) in [5.74, 6) is 1.54. The van der Waals surface area contributed by atoms with E-state index in [2.05, 4.69) is 11.6 Å². The van der Waals surface area contributed by atoms with Crippen molar-refractivity contribution in [2.45, 2.75) is 20.4 Å². The molecule has 5 nitrogen and oxygen atoms in total. The van der Waals surface area contributed by atoms with Crippen LogP contribution in [0.5, 0.6) is 11.5 Å². The Bertz CT molecular complexity index is 799. The van der Waals surface area contributed by atoms with E-state index in [1.54, 1.807) is 18.2 Å². The molecule has 1 aliphatic rings. The third-order valence-electron chi connectivity index (χ3n) is 4.29. The largest absolute Gasteiger partial charge is 0.497 e. The summed E-state index contributed by atoms with van der Waals surface area (Å²) in [5, 5.41) is 0. The molecular weight excluding hydrogens is 316 g/mol. The number of pyridine rings is 1. The number of carbonyl (C=O) groups is 1. The molecule has 0 N–H and O–H groups in total. The molecule has 130 valence electrons. The topological polar surface area (TPSA) is 51.7 Å². The van der Waals surface area contributed by atoms with Crippen molar-refractivity contribution in [3.05, 3.63) is 59.8 Å². The molecule has 0 fully saturated rings. The molecule has 25 heavy (non-hydrogen) atoms. The van der Waals surface area contributed by atoms with Crippen molar-refractivity contribution < 1.29 is 14.3 Å². The first kappa shape index (κ1) is 17.0. The number of hydrogen-bond acceptors (Lipinski definition) is 4. The molecule has 2 aromatic rings. The van der Waals surface area contributed by atoms with E-state index in [1.165, 1.54) is 0 Å². The molecule has 0 saturated heterocycles. The fourth-order valence-corrected chi connectivity index (χ4v) is 2.80. The zero-order chi connectivity index (χ0) is 18.0. The third kappa shape index (κ3) is 3.50. The Morgan fingerprint density at radius 3 is 2.76 bits per heavy atom. The average Bonchev–Trinajstić information content (AvgIpc) is 2.73. The number of fused-ring (bicyclic) bond motifs is 1. The zero-order valence-corrected chi connectivity index (χ0v) is 14.8. The molecular formula is C20H22N2O3. The third-order valence-corrected chi connectivity index (χ3v) is 4.29. The predicted molar refractivity (Wildman–Crippen MR) is 97.0 cm³/mol. The van der Waals surface area contributed by atoms with Gasteiger partial charge in [0, 0.05) is 6.20 Å². The fraction of sp³-hybridized carbons (Fsp3) is 0.300.